The molecule has 0 spiro atoms. The first kappa shape index (κ1) is 15.1. The third kappa shape index (κ3) is 5.99. The van der Waals surface area contributed by atoms with Gasteiger partial charge in [0.1, 0.15) is 5.82 Å². The number of rotatable bonds is 7. The van der Waals surface area contributed by atoms with E-state index in [9.17, 15) is 14.0 Å². The van der Waals surface area contributed by atoms with Crippen LogP contribution in [0.1, 0.15) is 25.3 Å². The fraction of sp³-hybridized carbons (Fsp3) is 0.429. The minimum Gasteiger partial charge on any atom is -0.355 e. The average molecular weight is 266 g/mol. The van der Waals surface area contributed by atoms with Crippen molar-refractivity contribution in [2.24, 2.45) is 0 Å². The van der Waals surface area contributed by atoms with Crippen LogP contribution < -0.4 is 10.6 Å². The Labute approximate surface area is 112 Å². The molecule has 1 aromatic carbocycles. The Bertz CT molecular complexity index is 435. The fourth-order valence-electron chi connectivity index (χ4n) is 1.54. The first-order valence-corrected chi connectivity index (χ1v) is 6.40. The summed E-state index contributed by atoms with van der Waals surface area (Å²) in [5.41, 5.74) is 0.507. The summed E-state index contributed by atoms with van der Waals surface area (Å²) < 4.78 is 13.3. The third-order valence-corrected chi connectivity index (χ3v) is 2.60. The predicted octanol–water partition coefficient (Wildman–Crippen LogP) is 1.40. The van der Waals surface area contributed by atoms with E-state index in [4.69, 9.17) is 0 Å². The van der Waals surface area contributed by atoms with Crippen molar-refractivity contribution >= 4 is 11.8 Å². The zero-order valence-electron chi connectivity index (χ0n) is 11.0. The highest BCUT2D eigenvalue weighted by Gasteiger charge is 2.07. The van der Waals surface area contributed by atoms with Crippen molar-refractivity contribution in [2.45, 2.75) is 26.2 Å². The molecule has 1 aromatic rings. The molecular formula is C14H19FN2O2. The molecule has 0 aromatic heterocycles. The third-order valence-electron chi connectivity index (χ3n) is 2.60. The quantitative estimate of drug-likeness (QED) is 0.783. The number of benzene rings is 1. The molecule has 0 saturated carbocycles. The number of nitrogens with one attached hydrogen (secondary N) is 2. The maximum atomic E-state index is 13.3. The Kier molecular flexibility index (Phi) is 6.57. The van der Waals surface area contributed by atoms with Crippen molar-refractivity contribution < 1.29 is 14.0 Å². The molecule has 19 heavy (non-hydrogen) atoms. The summed E-state index contributed by atoms with van der Waals surface area (Å²) in [4.78, 5) is 22.7. The summed E-state index contributed by atoms with van der Waals surface area (Å²) in [7, 11) is 0. The maximum absolute atomic E-state index is 13.3. The van der Waals surface area contributed by atoms with Crippen LogP contribution in [0.5, 0.6) is 0 Å². The highest BCUT2D eigenvalue weighted by Crippen LogP contribution is 2.08. The first-order chi connectivity index (χ1) is 9.13. The molecule has 2 amide bonds. The van der Waals surface area contributed by atoms with E-state index in [0.717, 1.165) is 6.42 Å². The van der Waals surface area contributed by atoms with Crippen molar-refractivity contribution in [3.8, 4) is 0 Å². The van der Waals surface area contributed by atoms with Crippen LogP contribution in [-0.4, -0.2) is 24.9 Å². The molecule has 0 heterocycles. The van der Waals surface area contributed by atoms with Gasteiger partial charge in [-0.2, -0.15) is 0 Å². The summed E-state index contributed by atoms with van der Waals surface area (Å²) in [6.45, 7) is 2.52. The Balaban J connectivity index is 2.25. The van der Waals surface area contributed by atoms with Crippen LogP contribution in [-0.2, 0) is 16.0 Å². The maximum Gasteiger partial charge on any atom is 0.239 e. The van der Waals surface area contributed by atoms with Gasteiger partial charge >= 0.3 is 0 Å². The van der Waals surface area contributed by atoms with Gasteiger partial charge < -0.3 is 10.6 Å². The van der Waals surface area contributed by atoms with Crippen LogP contribution in [0.2, 0.25) is 0 Å². The minimum absolute atomic E-state index is 0.0316. The Morgan fingerprint density at radius 1 is 1.16 bits per heavy atom. The molecule has 0 aliphatic rings. The van der Waals surface area contributed by atoms with Gasteiger partial charge in [-0.1, -0.05) is 25.1 Å². The van der Waals surface area contributed by atoms with E-state index in [2.05, 4.69) is 10.6 Å². The topological polar surface area (TPSA) is 58.2 Å². The van der Waals surface area contributed by atoms with E-state index < -0.39 is 0 Å². The molecule has 0 bridgehead atoms. The molecule has 0 saturated heterocycles. The average Bonchev–Trinajstić information content (AvgIpc) is 2.42. The molecule has 0 unspecified atom stereocenters. The lowest BCUT2D eigenvalue weighted by atomic mass is 10.1. The lowest BCUT2D eigenvalue weighted by Crippen LogP contribution is -2.37. The Hall–Kier alpha value is -1.91. The van der Waals surface area contributed by atoms with Gasteiger partial charge in [0.15, 0.2) is 0 Å². The summed E-state index contributed by atoms with van der Waals surface area (Å²) in [5, 5.41) is 5.16. The van der Waals surface area contributed by atoms with Gasteiger partial charge in [0.2, 0.25) is 11.8 Å². The van der Waals surface area contributed by atoms with Crippen molar-refractivity contribution in [2.75, 3.05) is 13.1 Å². The number of halogens is 1. The van der Waals surface area contributed by atoms with Crippen molar-refractivity contribution in [1.82, 2.24) is 10.6 Å². The standard InChI is InChI=1S/C14H19FN2O2/c1-2-9-16-14(19)10-17-13(18)8-7-11-5-3-4-6-12(11)15/h3-6H,2,7-10H2,1H3,(H,16,19)(H,17,18). The normalized spacial score (nSPS) is 10.0. The van der Waals surface area contributed by atoms with Gasteiger partial charge in [-0.15, -0.1) is 0 Å². The van der Waals surface area contributed by atoms with E-state index >= 15 is 0 Å². The van der Waals surface area contributed by atoms with Crippen molar-refractivity contribution in [3.05, 3.63) is 35.6 Å². The summed E-state index contributed by atoms with van der Waals surface area (Å²) >= 11 is 0. The molecule has 1 rings (SSSR count). The molecular weight excluding hydrogens is 247 g/mol. The van der Waals surface area contributed by atoms with E-state index in [1.165, 1.54) is 6.07 Å². The lowest BCUT2D eigenvalue weighted by Gasteiger charge is -2.06. The van der Waals surface area contributed by atoms with Crippen LogP contribution in [0.4, 0.5) is 4.39 Å². The molecule has 0 aliphatic carbocycles. The number of carbonyl (C=O) groups excluding carboxylic acids is 2. The van der Waals surface area contributed by atoms with Crippen molar-refractivity contribution in [3.63, 3.8) is 0 Å². The first-order valence-electron chi connectivity index (χ1n) is 6.40. The molecule has 0 aliphatic heterocycles. The number of aryl methyl sites for hydroxylation is 1. The van der Waals surface area contributed by atoms with Gasteiger partial charge in [-0.05, 0) is 24.5 Å². The van der Waals surface area contributed by atoms with E-state index in [0.29, 0.717) is 18.5 Å². The summed E-state index contributed by atoms with van der Waals surface area (Å²) in [6.07, 6.45) is 1.35. The van der Waals surface area contributed by atoms with E-state index in [1.54, 1.807) is 18.2 Å². The highest BCUT2D eigenvalue weighted by molar-refractivity contribution is 5.84. The fourth-order valence-corrected chi connectivity index (χ4v) is 1.54. The monoisotopic (exact) mass is 266 g/mol. The van der Waals surface area contributed by atoms with E-state index in [1.807, 2.05) is 6.92 Å². The van der Waals surface area contributed by atoms with Crippen molar-refractivity contribution in [1.29, 1.82) is 0 Å². The second-order valence-electron chi connectivity index (χ2n) is 4.22. The van der Waals surface area contributed by atoms with E-state index in [-0.39, 0.29) is 30.6 Å². The number of hydrogen-bond acceptors (Lipinski definition) is 2. The Morgan fingerprint density at radius 3 is 2.58 bits per heavy atom. The smallest absolute Gasteiger partial charge is 0.239 e. The summed E-state index contributed by atoms with van der Waals surface area (Å²) in [6, 6.07) is 6.35. The van der Waals surface area contributed by atoms with Gasteiger partial charge in [-0.3, -0.25) is 9.59 Å². The number of amides is 2. The van der Waals surface area contributed by atoms with Crippen LogP contribution >= 0.6 is 0 Å². The largest absolute Gasteiger partial charge is 0.355 e. The van der Waals surface area contributed by atoms with Crippen LogP contribution in [0.25, 0.3) is 0 Å². The second-order valence-corrected chi connectivity index (χ2v) is 4.22. The molecule has 4 nitrogen and oxygen atoms in total. The molecule has 5 heteroatoms. The molecule has 0 fully saturated rings. The second kappa shape index (κ2) is 8.24. The van der Waals surface area contributed by atoms with Gasteiger partial charge in [0.25, 0.3) is 0 Å². The van der Waals surface area contributed by atoms with Crippen LogP contribution in [0, 0.1) is 5.82 Å². The molecule has 0 atom stereocenters. The predicted molar refractivity (Wildman–Crippen MR) is 71.0 cm³/mol. The lowest BCUT2D eigenvalue weighted by molar-refractivity contribution is -0.126. The number of carbonyl (C=O) groups is 2. The van der Waals surface area contributed by atoms with Gasteiger partial charge in [-0.25, -0.2) is 4.39 Å². The number of hydrogen-bond donors (Lipinski definition) is 2. The van der Waals surface area contributed by atoms with Gasteiger partial charge in [0.05, 0.1) is 6.54 Å². The van der Waals surface area contributed by atoms with Crippen LogP contribution in [0.3, 0.4) is 0 Å². The zero-order valence-corrected chi connectivity index (χ0v) is 11.0. The van der Waals surface area contributed by atoms with Crippen LogP contribution in [0.15, 0.2) is 24.3 Å². The Morgan fingerprint density at radius 2 is 1.89 bits per heavy atom. The molecule has 2 N–H and O–H groups in total. The SMILES string of the molecule is CCCNC(=O)CNC(=O)CCc1ccccc1F. The molecule has 104 valence electrons. The summed E-state index contributed by atoms with van der Waals surface area (Å²) in [5.74, 6) is -0.771. The molecule has 0 radical (unpaired) electrons. The zero-order chi connectivity index (χ0) is 14.1. The van der Waals surface area contributed by atoms with Gasteiger partial charge in [0, 0.05) is 13.0 Å². The highest BCUT2D eigenvalue weighted by atomic mass is 19.1. The minimum atomic E-state index is -0.309.